The van der Waals surface area contributed by atoms with Crippen LogP contribution in [0.25, 0.3) is 0 Å². The van der Waals surface area contributed by atoms with Gasteiger partial charge in [0, 0.05) is 19.6 Å². The number of piperidine rings is 1. The van der Waals surface area contributed by atoms with E-state index >= 15 is 0 Å². The zero-order valence-electron chi connectivity index (χ0n) is 23.9. The number of aliphatic hydroxyl groups excluding tert-OH is 1. The van der Waals surface area contributed by atoms with Gasteiger partial charge in [-0.1, -0.05) is 6.07 Å². The number of rotatable bonds is 4. The number of amides is 2. The highest BCUT2D eigenvalue weighted by Crippen LogP contribution is 2.58. The van der Waals surface area contributed by atoms with Crippen LogP contribution >= 0.6 is 0 Å². The number of carbonyl (C=O) groups excluding carboxylic acids is 2. The second-order valence-corrected chi connectivity index (χ2v) is 14.1. The minimum atomic E-state index is -3.73. The number of fused-ring (bicyclic) bond motifs is 7. The molecule has 1 spiro atoms. The Morgan fingerprint density at radius 2 is 1.98 bits per heavy atom. The molecule has 11 nitrogen and oxygen atoms in total. The van der Waals surface area contributed by atoms with Gasteiger partial charge >= 0.3 is 6.09 Å². The molecule has 1 atom stereocenters. The maximum absolute atomic E-state index is 13.6. The van der Waals surface area contributed by atoms with Crippen molar-refractivity contribution in [2.24, 2.45) is 11.3 Å². The number of carbonyl (C=O) groups is 2. The third kappa shape index (κ3) is 6.75. The van der Waals surface area contributed by atoms with Gasteiger partial charge in [0.15, 0.2) is 0 Å². The van der Waals surface area contributed by atoms with Crippen molar-refractivity contribution in [2.75, 3.05) is 51.8 Å². The number of nitrogens with zero attached hydrogens (tertiary/aromatic N) is 3. The Morgan fingerprint density at radius 3 is 2.68 bits per heavy atom. The van der Waals surface area contributed by atoms with Gasteiger partial charge in [-0.15, -0.1) is 0 Å². The smallest absolute Gasteiger partial charge is 0.416 e. The highest BCUT2D eigenvalue weighted by Gasteiger charge is 2.51. The average molecular weight is 586 g/mol. The van der Waals surface area contributed by atoms with Gasteiger partial charge in [0.2, 0.25) is 10.0 Å². The van der Waals surface area contributed by atoms with Crippen LogP contribution in [0.1, 0.15) is 63.2 Å². The lowest BCUT2D eigenvalue weighted by molar-refractivity contribution is 0.0577. The summed E-state index contributed by atoms with van der Waals surface area (Å²) < 4.78 is 32.9. The Kier molecular flexibility index (Phi) is 7.90. The molecule has 2 aromatic rings. The fraction of sp³-hybridized carbons (Fsp3) is 0.552. The summed E-state index contributed by atoms with van der Waals surface area (Å²) in [5, 5.41) is 12.0. The summed E-state index contributed by atoms with van der Waals surface area (Å²) in [6, 6.07) is 9.99. The van der Waals surface area contributed by atoms with Crippen LogP contribution in [0, 0.1) is 11.3 Å². The Balaban J connectivity index is 1.53. The van der Waals surface area contributed by atoms with E-state index in [4.69, 9.17) is 9.84 Å². The number of sulfonamides is 1. The van der Waals surface area contributed by atoms with E-state index < -0.39 is 40.0 Å². The zero-order valence-corrected chi connectivity index (χ0v) is 24.7. The van der Waals surface area contributed by atoms with Crippen LogP contribution in [0.3, 0.4) is 0 Å². The zero-order chi connectivity index (χ0) is 29.4. The van der Waals surface area contributed by atoms with E-state index in [1.807, 2.05) is 20.8 Å². The van der Waals surface area contributed by atoms with Crippen LogP contribution in [0.2, 0.25) is 0 Å². The number of hydrogen-bond acceptors (Lipinski definition) is 8. The standard InChI is InChI=1S/C29H39N5O6S/c1-28(2,3)40-27(37)34-14-5-6-20-19-33(15-13-29(20)11-12-29)23-18-21(32-41(38,39)17-16-35)9-10-22(23)26(36)31-24-7-4-8-25(34)30-24/h4,7-10,18,20,32,35H,5-6,11-17,19H2,1-3H3,(H,30,31,36). The lowest BCUT2D eigenvalue weighted by atomic mass is 9.79. The number of benzene rings is 1. The molecular formula is C29H39N5O6S. The molecule has 1 saturated heterocycles. The van der Waals surface area contributed by atoms with Crippen LogP contribution in [0.15, 0.2) is 36.4 Å². The van der Waals surface area contributed by atoms with Gasteiger partial charge in [-0.05, 0) is 94.5 Å². The summed E-state index contributed by atoms with van der Waals surface area (Å²) in [6.45, 7) is 6.90. The molecule has 3 N–H and O–H groups in total. The van der Waals surface area contributed by atoms with Gasteiger partial charge in [-0.25, -0.2) is 18.2 Å². The van der Waals surface area contributed by atoms with Crippen molar-refractivity contribution in [3.8, 4) is 0 Å². The van der Waals surface area contributed by atoms with E-state index in [1.54, 1.807) is 41.3 Å². The van der Waals surface area contributed by atoms with Gasteiger partial charge in [0.05, 0.1) is 29.3 Å². The fourth-order valence-corrected chi connectivity index (χ4v) is 6.71. The summed E-state index contributed by atoms with van der Waals surface area (Å²) in [7, 11) is -3.73. The number of ether oxygens (including phenoxy) is 1. The molecule has 4 bridgehead atoms. The summed E-state index contributed by atoms with van der Waals surface area (Å²) in [4.78, 5) is 35.2. The topological polar surface area (TPSA) is 141 Å². The van der Waals surface area contributed by atoms with E-state index in [-0.39, 0.29) is 11.2 Å². The van der Waals surface area contributed by atoms with E-state index in [0.717, 1.165) is 32.4 Å². The van der Waals surface area contributed by atoms with Crippen LogP contribution in [-0.2, 0) is 14.8 Å². The van der Waals surface area contributed by atoms with Crippen molar-refractivity contribution in [1.29, 1.82) is 0 Å². The maximum Gasteiger partial charge on any atom is 0.416 e. The van der Waals surface area contributed by atoms with Crippen LogP contribution in [0.4, 0.5) is 27.8 Å². The molecule has 12 heteroatoms. The third-order valence-corrected chi connectivity index (χ3v) is 9.36. The molecule has 5 rings (SSSR count). The van der Waals surface area contributed by atoms with Gasteiger partial charge in [0.25, 0.3) is 5.91 Å². The first-order valence-electron chi connectivity index (χ1n) is 14.2. The van der Waals surface area contributed by atoms with Crippen molar-refractivity contribution in [3.63, 3.8) is 0 Å². The monoisotopic (exact) mass is 585 g/mol. The minimum Gasteiger partial charge on any atom is -0.443 e. The average Bonchev–Trinajstić information content (AvgIpc) is 3.66. The van der Waals surface area contributed by atoms with E-state index in [9.17, 15) is 18.0 Å². The number of anilines is 4. The van der Waals surface area contributed by atoms with E-state index in [0.29, 0.717) is 35.2 Å². The van der Waals surface area contributed by atoms with Crippen LogP contribution < -0.4 is 19.8 Å². The van der Waals surface area contributed by atoms with Crippen LogP contribution in [-0.4, -0.2) is 68.1 Å². The molecule has 41 heavy (non-hydrogen) atoms. The molecule has 222 valence electrons. The normalized spacial score (nSPS) is 20.5. The molecule has 0 radical (unpaired) electrons. The second kappa shape index (κ2) is 11.1. The molecule has 2 amide bonds. The number of nitrogens with one attached hydrogen (secondary N) is 2. The lowest BCUT2D eigenvalue weighted by Crippen LogP contribution is -2.43. The molecule has 2 aliphatic heterocycles. The predicted octanol–water partition coefficient (Wildman–Crippen LogP) is 4.21. The molecule has 3 aliphatic rings. The van der Waals surface area contributed by atoms with Crippen molar-refractivity contribution in [3.05, 3.63) is 42.0 Å². The molecule has 2 fully saturated rings. The Morgan fingerprint density at radius 1 is 1.20 bits per heavy atom. The SMILES string of the molecule is CC(C)(C)OC(=O)N1CCCC2CN(CCC23CC3)c2cc(NS(=O)(=O)CCO)ccc2C(=O)Nc2cccc1n2. The Labute approximate surface area is 241 Å². The number of pyridine rings is 1. The maximum atomic E-state index is 13.6. The van der Waals surface area contributed by atoms with Gasteiger partial charge < -0.3 is 20.1 Å². The minimum absolute atomic E-state index is 0.269. The molecule has 1 aromatic heterocycles. The summed E-state index contributed by atoms with van der Waals surface area (Å²) in [5.74, 6) is 0.226. The number of aliphatic hydroxyl groups is 1. The first-order chi connectivity index (χ1) is 19.4. The van der Waals surface area contributed by atoms with Crippen molar-refractivity contribution < 1.29 is 27.9 Å². The second-order valence-electron chi connectivity index (χ2n) is 12.2. The molecule has 1 aliphatic carbocycles. The first-order valence-corrected chi connectivity index (χ1v) is 15.8. The van der Waals surface area contributed by atoms with Gasteiger partial charge in [-0.3, -0.25) is 14.4 Å². The van der Waals surface area contributed by atoms with E-state index in [2.05, 4.69) is 19.9 Å². The molecular weight excluding hydrogens is 546 g/mol. The summed E-state index contributed by atoms with van der Waals surface area (Å²) >= 11 is 0. The summed E-state index contributed by atoms with van der Waals surface area (Å²) in [6.07, 6.45) is 4.48. The molecule has 3 heterocycles. The lowest BCUT2D eigenvalue weighted by Gasteiger charge is -2.41. The van der Waals surface area contributed by atoms with Crippen molar-refractivity contribution >= 4 is 45.0 Å². The third-order valence-electron chi connectivity index (χ3n) is 8.10. The largest absolute Gasteiger partial charge is 0.443 e. The number of aromatic nitrogens is 1. The van der Waals surface area contributed by atoms with E-state index in [1.165, 1.54) is 12.8 Å². The highest BCUT2D eigenvalue weighted by molar-refractivity contribution is 7.92. The van der Waals surface area contributed by atoms with Gasteiger partial charge in [0.1, 0.15) is 17.2 Å². The quantitative estimate of drug-likeness (QED) is 0.485. The highest BCUT2D eigenvalue weighted by atomic mass is 32.2. The molecule has 1 saturated carbocycles. The van der Waals surface area contributed by atoms with Crippen molar-refractivity contribution in [1.82, 2.24) is 4.98 Å². The van der Waals surface area contributed by atoms with Crippen LogP contribution in [0.5, 0.6) is 0 Å². The molecule has 1 aromatic carbocycles. The fourth-order valence-electron chi connectivity index (χ4n) is 5.89. The van der Waals surface area contributed by atoms with Gasteiger partial charge in [-0.2, -0.15) is 0 Å². The molecule has 1 unspecified atom stereocenters. The predicted molar refractivity (Wildman–Crippen MR) is 158 cm³/mol. The Bertz CT molecular complexity index is 1420. The number of hydrogen-bond donors (Lipinski definition) is 3. The summed E-state index contributed by atoms with van der Waals surface area (Å²) in [5.41, 5.74) is 0.983. The first kappa shape index (κ1) is 29.1. The van der Waals surface area contributed by atoms with Crippen molar-refractivity contribution in [2.45, 2.75) is 58.5 Å². The Hall–Kier alpha value is -3.38.